The molecule has 1 amide bonds. The van der Waals surface area contributed by atoms with Crippen LogP contribution in [0, 0.1) is 0 Å². The molecule has 0 spiro atoms. The quantitative estimate of drug-likeness (QED) is 0.411. The summed E-state index contributed by atoms with van der Waals surface area (Å²) in [5.74, 6) is -0.890. The lowest BCUT2D eigenvalue weighted by atomic mass is 10.2. The SMILES string of the molecule is COC(=O)C1CN(C(=O)CN(Cc2ccccc2Cl)S(=O)(=O)c2ccc(Cl)cc2)c2ccccc2O1. The zero-order valence-corrected chi connectivity index (χ0v) is 21.5. The van der Waals surface area contributed by atoms with Crippen molar-refractivity contribution in [1.82, 2.24) is 4.31 Å². The number of ether oxygens (including phenoxy) is 2. The predicted octanol–water partition coefficient (Wildman–Crippen LogP) is 4.15. The summed E-state index contributed by atoms with van der Waals surface area (Å²) >= 11 is 12.2. The maximum atomic E-state index is 13.6. The normalized spacial score (nSPS) is 15.2. The van der Waals surface area contributed by atoms with Crippen molar-refractivity contribution >= 4 is 50.8 Å². The Kier molecular flexibility index (Phi) is 7.85. The van der Waals surface area contributed by atoms with E-state index in [1.165, 1.54) is 36.3 Å². The number of methoxy groups -OCH3 is 1. The van der Waals surface area contributed by atoms with Crippen LogP contribution in [-0.4, -0.2) is 50.9 Å². The van der Waals surface area contributed by atoms with Crippen LogP contribution in [-0.2, 0) is 30.9 Å². The van der Waals surface area contributed by atoms with Gasteiger partial charge in [0.25, 0.3) is 0 Å². The Morgan fingerprint density at radius 2 is 1.69 bits per heavy atom. The molecule has 0 N–H and O–H groups in total. The number of carbonyl (C=O) groups is 2. The van der Waals surface area contributed by atoms with E-state index in [1.54, 1.807) is 48.5 Å². The third-order valence-corrected chi connectivity index (χ3v) is 8.03. The molecular weight excluding hydrogens is 527 g/mol. The summed E-state index contributed by atoms with van der Waals surface area (Å²) < 4.78 is 38.8. The molecular formula is C25H22Cl2N2O6S. The van der Waals surface area contributed by atoms with Gasteiger partial charge in [0.2, 0.25) is 22.0 Å². The lowest BCUT2D eigenvalue weighted by Gasteiger charge is -2.34. The molecule has 0 radical (unpaired) electrons. The van der Waals surface area contributed by atoms with E-state index < -0.39 is 34.5 Å². The summed E-state index contributed by atoms with van der Waals surface area (Å²) in [6, 6.07) is 19.2. The molecule has 1 aliphatic heterocycles. The van der Waals surface area contributed by atoms with Gasteiger partial charge in [0.05, 0.1) is 30.8 Å². The van der Waals surface area contributed by atoms with Gasteiger partial charge in [0.15, 0.2) is 0 Å². The third kappa shape index (κ3) is 5.49. The number of esters is 1. The monoisotopic (exact) mass is 548 g/mol. The Hall–Kier alpha value is -3.11. The Morgan fingerprint density at radius 3 is 2.39 bits per heavy atom. The Morgan fingerprint density at radius 1 is 1.03 bits per heavy atom. The minimum atomic E-state index is -4.13. The highest BCUT2D eigenvalue weighted by molar-refractivity contribution is 7.89. The van der Waals surface area contributed by atoms with E-state index >= 15 is 0 Å². The van der Waals surface area contributed by atoms with E-state index in [4.69, 9.17) is 32.7 Å². The average Bonchev–Trinajstić information content (AvgIpc) is 2.88. The van der Waals surface area contributed by atoms with Crippen molar-refractivity contribution in [2.75, 3.05) is 25.1 Å². The number of halogens is 2. The van der Waals surface area contributed by atoms with Crippen LogP contribution >= 0.6 is 23.2 Å². The first-order chi connectivity index (χ1) is 17.2. The number of sulfonamides is 1. The van der Waals surface area contributed by atoms with E-state index in [1.807, 2.05) is 0 Å². The Labute approximate surface area is 219 Å². The maximum absolute atomic E-state index is 13.6. The molecule has 0 saturated carbocycles. The summed E-state index contributed by atoms with van der Waals surface area (Å²) in [5.41, 5.74) is 0.948. The standard InChI is InChI=1S/C25H22Cl2N2O6S/c1-34-25(31)23-15-29(21-8-4-5-9-22(21)35-23)24(30)16-28(14-17-6-2-3-7-20(17)27)36(32,33)19-12-10-18(26)11-13-19/h2-13,23H,14-16H2,1H3. The van der Waals surface area contributed by atoms with Crippen molar-refractivity contribution in [2.45, 2.75) is 17.5 Å². The van der Waals surface area contributed by atoms with Gasteiger partial charge in [0.1, 0.15) is 5.75 Å². The molecule has 188 valence electrons. The molecule has 36 heavy (non-hydrogen) atoms. The molecule has 1 unspecified atom stereocenters. The largest absolute Gasteiger partial charge is 0.475 e. The molecule has 1 atom stereocenters. The summed E-state index contributed by atoms with van der Waals surface area (Å²) in [6.45, 7) is -0.801. The molecule has 1 heterocycles. The fourth-order valence-electron chi connectivity index (χ4n) is 3.76. The van der Waals surface area contributed by atoms with Crippen molar-refractivity contribution in [3.05, 3.63) is 88.4 Å². The summed E-state index contributed by atoms with van der Waals surface area (Å²) in [5, 5.41) is 0.741. The number of carbonyl (C=O) groups excluding carboxylic acids is 2. The zero-order valence-electron chi connectivity index (χ0n) is 19.1. The van der Waals surface area contributed by atoms with Gasteiger partial charge in [-0.05, 0) is 48.0 Å². The maximum Gasteiger partial charge on any atom is 0.348 e. The van der Waals surface area contributed by atoms with Crippen molar-refractivity contribution in [3.63, 3.8) is 0 Å². The fourth-order valence-corrected chi connectivity index (χ4v) is 5.45. The number of nitrogens with zero attached hydrogens (tertiary/aromatic N) is 2. The van der Waals surface area contributed by atoms with Crippen LogP contribution in [0.1, 0.15) is 5.56 Å². The summed E-state index contributed by atoms with van der Waals surface area (Å²) in [7, 11) is -2.91. The number of benzene rings is 3. The summed E-state index contributed by atoms with van der Waals surface area (Å²) in [6.07, 6.45) is -1.06. The van der Waals surface area contributed by atoms with Crippen LogP contribution in [0.2, 0.25) is 10.0 Å². The zero-order chi connectivity index (χ0) is 25.9. The van der Waals surface area contributed by atoms with E-state index in [9.17, 15) is 18.0 Å². The molecule has 0 aliphatic carbocycles. The summed E-state index contributed by atoms with van der Waals surface area (Å²) in [4.78, 5) is 27.1. The van der Waals surface area contributed by atoms with Gasteiger partial charge in [-0.1, -0.05) is 53.5 Å². The molecule has 8 nitrogen and oxygen atoms in total. The molecule has 3 aromatic rings. The molecule has 1 aliphatic rings. The smallest absolute Gasteiger partial charge is 0.348 e. The first-order valence-electron chi connectivity index (χ1n) is 10.8. The van der Waals surface area contributed by atoms with Gasteiger partial charge in [-0.2, -0.15) is 4.31 Å². The first kappa shape index (κ1) is 26.0. The second kappa shape index (κ2) is 10.9. The molecule has 4 rings (SSSR count). The van der Waals surface area contributed by atoms with Crippen LogP contribution in [0.15, 0.2) is 77.7 Å². The number of anilines is 1. The van der Waals surface area contributed by atoms with Crippen LogP contribution in [0.4, 0.5) is 5.69 Å². The van der Waals surface area contributed by atoms with E-state index in [2.05, 4.69) is 0 Å². The van der Waals surface area contributed by atoms with E-state index in [-0.39, 0.29) is 18.0 Å². The third-order valence-electron chi connectivity index (χ3n) is 5.61. The number of amides is 1. The highest BCUT2D eigenvalue weighted by atomic mass is 35.5. The number of fused-ring (bicyclic) bond motifs is 1. The van der Waals surface area contributed by atoms with Gasteiger partial charge in [-0.3, -0.25) is 4.79 Å². The average molecular weight is 549 g/mol. The number of hydrogen-bond acceptors (Lipinski definition) is 6. The lowest BCUT2D eigenvalue weighted by molar-refractivity contribution is -0.148. The van der Waals surface area contributed by atoms with Crippen LogP contribution in [0.3, 0.4) is 0 Å². The minimum Gasteiger partial charge on any atom is -0.475 e. The van der Waals surface area contributed by atoms with E-state index in [0.29, 0.717) is 27.0 Å². The lowest BCUT2D eigenvalue weighted by Crippen LogP contribution is -2.50. The second-order valence-electron chi connectivity index (χ2n) is 7.92. The molecule has 0 aromatic heterocycles. The van der Waals surface area contributed by atoms with Gasteiger partial charge in [-0.15, -0.1) is 0 Å². The molecule has 11 heteroatoms. The van der Waals surface area contributed by atoms with Crippen LogP contribution < -0.4 is 9.64 Å². The van der Waals surface area contributed by atoms with E-state index in [0.717, 1.165) is 4.31 Å². The Balaban J connectivity index is 1.70. The van der Waals surface area contributed by atoms with Gasteiger partial charge in [0, 0.05) is 16.6 Å². The Bertz CT molecular complexity index is 1380. The van der Waals surface area contributed by atoms with Crippen LogP contribution in [0.25, 0.3) is 0 Å². The van der Waals surface area contributed by atoms with Gasteiger partial charge < -0.3 is 14.4 Å². The highest BCUT2D eigenvalue weighted by Crippen LogP contribution is 2.34. The second-order valence-corrected chi connectivity index (χ2v) is 10.7. The predicted molar refractivity (Wildman–Crippen MR) is 136 cm³/mol. The van der Waals surface area contributed by atoms with Gasteiger partial charge in [-0.25, -0.2) is 13.2 Å². The van der Waals surface area contributed by atoms with Crippen molar-refractivity contribution in [1.29, 1.82) is 0 Å². The van der Waals surface area contributed by atoms with Crippen molar-refractivity contribution in [2.24, 2.45) is 0 Å². The number of para-hydroxylation sites is 2. The number of hydrogen-bond donors (Lipinski definition) is 0. The van der Waals surface area contributed by atoms with Gasteiger partial charge >= 0.3 is 5.97 Å². The molecule has 0 fully saturated rings. The number of rotatable bonds is 7. The van der Waals surface area contributed by atoms with Crippen molar-refractivity contribution in [3.8, 4) is 5.75 Å². The van der Waals surface area contributed by atoms with Crippen molar-refractivity contribution < 1.29 is 27.5 Å². The molecule has 0 bridgehead atoms. The molecule has 3 aromatic carbocycles. The first-order valence-corrected chi connectivity index (χ1v) is 13.0. The highest BCUT2D eigenvalue weighted by Gasteiger charge is 2.36. The van der Waals surface area contributed by atoms with Crippen LogP contribution in [0.5, 0.6) is 5.75 Å². The minimum absolute atomic E-state index is 0.0263. The molecule has 0 saturated heterocycles. The topological polar surface area (TPSA) is 93.2 Å². The fraction of sp³-hybridized carbons (Fsp3) is 0.200.